The van der Waals surface area contributed by atoms with E-state index in [1.807, 2.05) is 0 Å². The molecule has 0 spiro atoms. The van der Waals surface area contributed by atoms with Crippen LogP contribution in [0.2, 0.25) is 0 Å². The summed E-state index contributed by atoms with van der Waals surface area (Å²) < 4.78 is 17.1. The highest BCUT2D eigenvalue weighted by molar-refractivity contribution is 7.98. The fourth-order valence-corrected chi connectivity index (χ4v) is 4.08. The minimum Gasteiger partial charge on any atom is -0.467 e. The molecule has 172 valence electrons. The number of fused-ring (bicyclic) bond motifs is 1. The topological polar surface area (TPSA) is 113 Å². The van der Waals surface area contributed by atoms with Crippen LogP contribution in [-0.2, 0) is 23.5 Å². The minimum atomic E-state index is -0.493. The molecule has 0 atom stereocenters. The zero-order valence-electron chi connectivity index (χ0n) is 18.6. The highest BCUT2D eigenvalue weighted by atomic mass is 32.2. The average molecular weight is 469 g/mol. The molecule has 0 saturated carbocycles. The van der Waals surface area contributed by atoms with Gasteiger partial charge in [0.05, 0.1) is 42.1 Å². The van der Waals surface area contributed by atoms with Crippen molar-refractivity contribution in [1.29, 1.82) is 0 Å². The van der Waals surface area contributed by atoms with Crippen LogP contribution in [0.3, 0.4) is 0 Å². The normalized spacial score (nSPS) is 11.4. The van der Waals surface area contributed by atoms with Crippen LogP contribution in [0.1, 0.15) is 48.1 Å². The summed E-state index contributed by atoms with van der Waals surface area (Å²) in [4.78, 5) is 34.3. The number of aryl methyl sites for hydroxylation is 1. The Morgan fingerprint density at radius 1 is 1.24 bits per heavy atom. The number of hydrogen-bond donors (Lipinski definition) is 0. The number of carbonyl (C=O) groups is 1. The van der Waals surface area contributed by atoms with Crippen molar-refractivity contribution in [2.75, 3.05) is 7.11 Å². The van der Waals surface area contributed by atoms with Gasteiger partial charge in [-0.15, -0.1) is 0 Å². The number of benzene rings is 1. The van der Waals surface area contributed by atoms with E-state index in [0.717, 1.165) is 12.8 Å². The molecule has 3 aromatic heterocycles. The Morgan fingerprint density at radius 3 is 2.82 bits per heavy atom. The van der Waals surface area contributed by atoms with E-state index < -0.39 is 5.97 Å². The third-order valence-electron chi connectivity index (χ3n) is 5.02. The first kappa shape index (κ1) is 22.8. The highest BCUT2D eigenvalue weighted by Crippen LogP contribution is 2.23. The van der Waals surface area contributed by atoms with Gasteiger partial charge in [0.15, 0.2) is 11.0 Å². The van der Waals surface area contributed by atoms with E-state index in [1.54, 1.807) is 41.2 Å². The maximum absolute atomic E-state index is 13.3. The molecule has 0 unspecified atom stereocenters. The minimum absolute atomic E-state index is 0.222. The fraction of sp³-hybridized carbons (Fsp3) is 0.348. The number of rotatable bonds is 9. The van der Waals surface area contributed by atoms with Crippen LogP contribution >= 0.6 is 11.8 Å². The van der Waals surface area contributed by atoms with Gasteiger partial charge in [-0.1, -0.05) is 30.8 Å². The number of ether oxygens (including phenoxy) is 1. The predicted octanol–water partition coefficient (Wildman–Crippen LogP) is 4.09. The van der Waals surface area contributed by atoms with Gasteiger partial charge in [0.2, 0.25) is 5.89 Å². The lowest BCUT2D eigenvalue weighted by Gasteiger charge is -2.12. The number of thioether (sulfide) groups is 1. The molecule has 0 aliphatic heterocycles. The molecule has 0 bridgehead atoms. The van der Waals surface area contributed by atoms with Gasteiger partial charge in [-0.2, -0.15) is 4.98 Å². The molecule has 0 aliphatic carbocycles. The summed E-state index contributed by atoms with van der Waals surface area (Å²) in [5, 5.41) is 4.88. The number of carbonyl (C=O) groups excluding carboxylic acids is 1. The van der Waals surface area contributed by atoms with Crippen LogP contribution in [0.15, 0.2) is 55.5 Å². The van der Waals surface area contributed by atoms with Crippen LogP contribution in [0.25, 0.3) is 10.9 Å². The largest absolute Gasteiger partial charge is 0.467 e. The molecule has 33 heavy (non-hydrogen) atoms. The molecular formula is C23H24N4O5S. The quantitative estimate of drug-likeness (QED) is 0.204. The maximum atomic E-state index is 13.3. The van der Waals surface area contributed by atoms with Gasteiger partial charge in [0.1, 0.15) is 5.76 Å². The number of aromatic nitrogens is 4. The third kappa shape index (κ3) is 5.33. The molecule has 0 N–H and O–H groups in total. The first-order chi connectivity index (χ1) is 15.9. The van der Waals surface area contributed by atoms with Crippen LogP contribution in [0, 0.1) is 5.92 Å². The molecule has 0 saturated heterocycles. The van der Waals surface area contributed by atoms with Crippen molar-refractivity contribution >= 4 is 28.6 Å². The SMILES string of the molecule is COC(=O)c1ccc2c(=O)n(Cc3ccco3)c(SCc3nc(CCC(C)C)no3)nc2c1. The Morgan fingerprint density at radius 2 is 2.09 bits per heavy atom. The average Bonchev–Trinajstić information content (AvgIpc) is 3.49. The van der Waals surface area contributed by atoms with Gasteiger partial charge in [-0.05, 0) is 42.7 Å². The second-order valence-corrected chi connectivity index (χ2v) is 8.86. The molecule has 4 aromatic rings. The highest BCUT2D eigenvalue weighted by Gasteiger charge is 2.17. The summed E-state index contributed by atoms with van der Waals surface area (Å²) in [6.45, 7) is 4.51. The van der Waals surface area contributed by atoms with Crippen LogP contribution in [-0.4, -0.2) is 32.8 Å². The zero-order valence-corrected chi connectivity index (χ0v) is 19.4. The van der Waals surface area contributed by atoms with Gasteiger partial charge < -0.3 is 13.7 Å². The Balaban J connectivity index is 1.66. The van der Waals surface area contributed by atoms with E-state index >= 15 is 0 Å². The smallest absolute Gasteiger partial charge is 0.337 e. The number of methoxy groups -OCH3 is 1. The van der Waals surface area contributed by atoms with E-state index in [1.165, 1.54) is 18.9 Å². The van der Waals surface area contributed by atoms with Crippen molar-refractivity contribution in [1.82, 2.24) is 19.7 Å². The Hall–Kier alpha value is -3.40. The molecule has 4 rings (SSSR count). The van der Waals surface area contributed by atoms with Crippen molar-refractivity contribution < 1.29 is 18.5 Å². The molecule has 10 heteroatoms. The monoisotopic (exact) mass is 468 g/mol. The van der Waals surface area contributed by atoms with Crippen LogP contribution in [0.5, 0.6) is 0 Å². The van der Waals surface area contributed by atoms with Gasteiger partial charge in [-0.25, -0.2) is 9.78 Å². The molecule has 3 heterocycles. The van der Waals surface area contributed by atoms with Crippen LogP contribution in [0.4, 0.5) is 0 Å². The Labute approximate surface area is 194 Å². The molecule has 0 radical (unpaired) electrons. The summed E-state index contributed by atoms with van der Waals surface area (Å²) in [6.07, 6.45) is 3.28. The molecule has 1 aromatic carbocycles. The van der Waals surface area contributed by atoms with Crippen molar-refractivity contribution in [2.45, 2.75) is 44.1 Å². The molecule has 0 fully saturated rings. The van der Waals surface area contributed by atoms with Crippen molar-refractivity contribution in [2.24, 2.45) is 5.92 Å². The summed E-state index contributed by atoms with van der Waals surface area (Å²) in [5.74, 6) is 2.16. The second-order valence-electron chi connectivity index (χ2n) is 7.91. The van der Waals surface area contributed by atoms with E-state index in [4.69, 9.17) is 13.7 Å². The number of hydrogen-bond acceptors (Lipinski definition) is 9. The van der Waals surface area contributed by atoms with Gasteiger partial charge in [0.25, 0.3) is 5.56 Å². The number of nitrogens with zero attached hydrogens (tertiary/aromatic N) is 4. The number of esters is 1. The van der Waals surface area contributed by atoms with Crippen molar-refractivity contribution in [3.63, 3.8) is 0 Å². The summed E-state index contributed by atoms with van der Waals surface area (Å²) in [5.41, 5.74) is 0.492. The lowest BCUT2D eigenvalue weighted by atomic mass is 10.1. The first-order valence-electron chi connectivity index (χ1n) is 10.5. The molecule has 9 nitrogen and oxygen atoms in total. The molecule has 0 amide bonds. The number of furan rings is 1. The van der Waals surface area contributed by atoms with E-state index in [2.05, 4.69) is 29.0 Å². The van der Waals surface area contributed by atoms with Crippen molar-refractivity contribution in [3.05, 3.63) is 70.0 Å². The van der Waals surface area contributed by atoms with Gasteiger partial charge >= 0.3 is 5.97 Å². The molecule has 0 aliphatic rings. The van der Waals surface area contributed by atoms with E-state index in [0.29, 0.717) is 50.8 Å². The second kappa shape index (κ2) is 10.0. The van der Waals surface area contributed by atoms with Crippen LogP contribution < -0.4 is 5.56 Å². The lowest BCUT2D eigenvalue weighted by molar-refractivity contribution is 0.0601. The predicted molar refractivity (Wildman–Crippen MR) is 122 cm³/mol. The first-order valence-corrected chi connectivity index (χ1v) is 11.5. The lowest BCUT2D eigenvalue weighted by Crippen LogP contribution is -2.24. The molecular weight excluding hydrogens is 444 g/mol. The van der Waals surface area contributed by atoms with Crippen molar-refractivity contribution in [3.8, 4) is 0 Å². The van der Waals surface area contributed by atoms with Gasteiger partial charge in [-0.3, -0.25) is 9.36 Å². The Bertz CT molecular complexity index is 1310. The van der Waals surface area contributed by atoms with E-state index in [-0.39, 0.29) is 12.1 Å². The fourth-order valence-electron chi connectivity index (χ4n) is 3.25. The third-order valence-corrected chi connectivity index (χ3v) is 5.98. The zero-order chi connectivity index (χ0) is 23.4. The Kier molecular flexibility index (Phi) is 6.93. The summed E-state index contributed by atoms with van der Waals surface area (Å²) >= 11 is 1.31. The standard InChI is InChI=1S/C23H24N4O5S/c1-14(2)6-9-19-25-20(32-26-19)13-33-23-24-18-11-15(22(29)30-3)7-8-17(18)21(28)27(23)12-16-5-4-10-31-16/h4-5,7-8,10-11,14H,6,9,12-13H2,1-3H3. The maximum Gasteiger partial charge on any atom is 0.337 e. The van der Waals surface area contributed by atoms with Gasteiger partial charge in [0, 0.05) is 6.42 Å². The van der Waals surface area contributed by atoms with E-state index in [9.17, 15) is 9.59 Å². The summed E-state index contributed by atoms with van der Waals surface area (Å²) in [6, 6.07) is 8.26. The summed E-state index contributed by atoms with van der Waals surface area (Å²) in [7, 11) is 1.31.